The number of ether oxygens (including phenoxy) is 1. The van der Waals surface area contributed by atoms with E-state index in [2.05, 4.69) is 30.4 Å². The Bertz CT molecular complexity index is 554. The van der Waals surface area contributed by atoms with Crippen LogP contribution in [0, 0.1) is 6.92 Å². The zero-order chi connectivity index (χ0) is 13.7. The first kappa shape index (κ1) is 13.9. The summed E-state index contributed by atoms with van der Waals surface area (Å²) >= 11 is 5.96. The van der Waals surface area contributed by atoms with E-state index in [-0.39, 0.29) is 0 Å². The van der Waals surface area contributed by atoms with Crippen LogP contribution >= 0.6 is 11.6 Å². The molecule has 2 rings (SSSR count). The van der Waals surface area contributed by atoms with Crippen LogP contribution < -0.4 is 10.1 Å². The average molecular weight is 276 g/mol. The maximum Gasteiger partial charge on any atom is 0.123 e. The number of benzene rings is 2. The molecule has 0 bridgehead atoms. The van der Waals surface area contributed by atoms with Gasteiger partial charge < -0.3 is 10.1 Å². The highest BCUT2D eigenvalue weighted by Gasteiger charge is 2.03. The lowest BCUT2D eigenvalue weighted by Gasteiger charge is -2.11. The number of methoxy groups -OCH3 is 1. The Kier molecular flexibility index (Phi) is 4.83. The monoisotopic (exact) mass is 275 g/mol. The second kappa shape index (κ2) is 6.60. The fraction of sp³-hybridized carbons (Fsp3) is 0.250. The fourth-order valence-electron chi connectivity index (χ4n) is 2.03. The molecule has 0 radical (unpaired) electrons. The molecule has 0 heterocycles. The maximum absolute atomic E-state index is 5.96. The second-order valence-corrected chi connectivity index (χ2v) is 4.99. The van der Waals surface area contributed by atoms with Crippen LogP contribution in [0.5, 0.6) is 5.75 Å². The third kappa shape index (κ3) is 3.98. The molecule has 0 aliphatic rings. The Balaban J connectivity index is 1.97. The quantitative estimate of drug-likeness (QED) is 0.892. The van der Waals surface area contributed by atoms with Crippen molar-refractivity contribution in [3.05, 3.63) is 64.2 Å². The summed E-state index contributed by atoms with van der Waals surface area (Å²) in [7, 11) is 1.70. The molecule has 0 aliphatic carbocycles. The first-order chi connectivity index (χ1) is 9.19. The van der Waals surface area contributed by atoms with Crippen LogP contribution in [0.3, 0.4) is 0 Å². The van der Waals surface area contributed by atoms with E-state index in [1.807, 2.05) is 24.3 Å². The maximum atomic E-state index is 5.96. The van der Waals surface area contributed by atoms with Gasteiger partial charge >= 0.3 is 0 Å². The van der Waals surface area contributed by atoms with E-state index in [1.165, 1.54) is 16.7 Å². The van der Waals surface area contributed by atoms with Crippen molar-refractivity contribution in [1.82, 2.24) is 5.32 Å². The van der Waals surface area contributed by atoms with Crippen LogP contribution in [0.1, 0.15) is 16.7 Å². The molecular formula is C16H18ClNO. The van der Waals surface area contributed by atoms with Crippen LogP contribution in [0.25, 0.3) is 0 Å². The summed E-state index contributed by atoms with van der Waals surface area (Å²) in [6, 6.07) is 14.1. The highest BCUT2D eigenvalue weighted by Crippen LogP contribution is 2.19. The van der Waals surface area contributed by atoms with E-state index in [0.717, 1.165) is 23.9 Å². The Labute approximate surface area is 119 Å². The van der Waals surface area contributed by atoms with Gasteiger partial charge in [-0.15, -0.1) is 0 Å². The molecular weight excluding hydrogens is 258 g/mol. The van der Waals surface area contributed by atoms with Gasteiger partial charge in [0.1, 0.15) is 5.75 Å². The Morgan fingerprint density at radius 2 is 1.95 bits per heavy atom. The molecule has 100 valence electrons. The first-order valence-electron chi connectivity index (χ1n) is 6.27. The van der Waals surface area contributed by atoms with Crippen molar-refractivity contribution in [3.63, 3.8) is 0 Å². The number of hydrogen-bond acceptors (Lipinski definition) is 2. The van der Waals surface area contributed by atoms with E-state index in [4.69, 9.17) is 16.3 Å². The molecule has 0 aromatic heterocycles. The smallest absolute Gasteiger partial charge is 0.123 e. The molecule has 0 fully saturated rings. The molecule has 0 saturated carbocycles. The van der Waals surface area contributed by atoms with Crippen molar-refractivity contribution in [2.24, 2.45) is 0 Å². The molecule has 3 heteroatoms. The summed E-state index contributed by atoms with van der Waals surface area (Å²) in [6.07, 6.45) is 0. The Morgan fingerprint density at radius 3 is 2.68 bits per heavy atom. The lowest BCUT2D eigenvalue weighted by molar-refractivity contribution is 0.407. The van der Waals surface area contributed by atoms with Gasteiger partial charge in [0.05, 0.1) is 7.11 Å². The zero-order valence-electron chi connectivity index (χ0n) is 11.2. The van der Waals surface area contributed by atoms with Crippen LogP contribution in [0.2, 0.25) is 5.02 Å². The van der Waals surface area contributed by atoms with Crippen LogP contribution in [-0.2, 0) is 13.1 Å². The number of halogens is 1. The van der Waals surface area contributed by atoms with Crippen molar-refractivity contribution in [2.75, 3.05) is 7.11 Å². The van der Waals surface area contributed by atoms with Crippen molar-refractivity contribution >= 4 is 11.6 Å². The lowest BCUT2D eigenvalue weighted by Crippen LogP contribution is -2.13. The van der Waals surface area contributed by atoms with E-state index in [0.29, 0.717) is 0 Å². The Morgan fingerprint density at radius 1 is 1.11 bits per heavy atom. The topological polar surface area (TPSA) is 21.3 Å². The van der Waals surface area contributed by atoms with Gasteiger partial charge in [0.2, 0.25) is 0 Å². The minimum atomic E-state index is 0.771. The number of nitrogens with one attached hydrogen (secondary N) is 1. The molecule has 2 aromatic rings. The highest BCUT2D eigenvalue weighted by molar-refractivity contribution is 6.30. The average Bonchev–Trinajstić information content (AvgIpc) is 2.39. The molecule has 0 amide bonds. The van der Waals surface area contributed by atoms with Gasteiger partial charge in [0.25, 0.3) is 0 Å². The van der Waals surface area contributed by atoms with Gasteiger partial charge in [-0.2, -0.15) is 0 Å². The third-order valence-electron chi connectivity index (χ3n) is 2.97. The molecule has 19 heavy (non-hydrogen) atoms. The van der Waals surface area contributed by atoms with Gasteiger partial charge in [0.15, 0.2) is 0 Å². The van der Waals surface area contributed by atoms with Crippen molar-refractivity contribution in [1.29, 1.82) is 0 Å². The minimum Gasteiger partial charge on any atom is -0.496 e. The molecule has 0 spiro atoms. The van der Waals surface area contributed by atoms with Gasteiger partial charge in [-0.05, 0) is 30.7 Å². The summed E-state index contributed by atoms with van der Waals surface area (Å²) in [4.78, 5) is 0. The van der Waals surface area contributed by atoms with Crippen molar-refractivity contribution < 1.29 is 4.74 Å². The van der Waals surface area contributed by atoms with Crippen LogP contribution in [0.4, 0.5) is 0 Å². The summed E-state index contributed by atoms with van der Waals surface area (Å²) in [5.74, 6) is 0.921. The molecule has 0 atom stereocenters. The summed E-state index contributed by atoms with van der Waals surface area (Å²) < 4.78 is 5.36. The first-order valence-corrected chi connectivity index (χ1v) is 6.65. The van der Waals surface area contributed by atoms with Crippen LogP contribution in [-0.4, -0.2) is 7.11 Å². The summed E-state index contributed by atoms with van der Waals surface area (Å²) in [5, 5.41) is 4.18. The van der Waals surface area contributed by atoms with Gasteiger partial charge in [-0.1, -0.05) is 41.4 Å². The molecule has 1 N–H and O–H groups in total. The molecule has 2 nitrogen and oxygen atoms in total. The molecule has 0 saturated heterocycles. The standard InChI is InChI=1S/C16H18ClNO/c1-12-6-7-16(19-2)14(8-12)11-18-10-13-4-3-5-15(17)9-13/h3-9,18H,10-11H2,1-2H3. The van der Waals surface area contributed by atoms with E-state index in [1.54, 1.807) is 7.11 Å². The molecule has 0 unspecified atom stereocenters. The fourth-order valence-corrected chi connectivity index (χ4v) is 2.25. The molecule has 0 aliphatic heterocycles. The van der Waals surface area contributed by atoms with Gasteiger partial charge in [-0.25, -0.2) is 0 Å². The Hall–Kier alpha value is -1.51. The lowest BCUT2D eigenvalue weighted by atomic mass is 10.1. The summed E-state index contributed by atoms with van der Waals surface area (Å²) in [5.41, 5.74) is 3.59. The van der Waals surface area contributed by atoms with Crippen molar-refractivity contribution in [3.8, 4) is 5.75 Å². The van der Waals surface area contributed by atoms with E-state index >= 15 is 0 Å². The molecule has 2 aromatic carbocycles. The largest absolute Gasteiger partial charge is 0.496 e. The number of rotatable bonds is 5. The van der Waals surface area contributed by atoms with E-state index in [9.17, 15) is 0 Å². The minimum absolute atomic E-state index is 0.771. The highest BCUT2D eigenvalue weighted by atomic mass is 35.5. The van der Waals surface area contributed by atoms with Gasteiger partial charge in [0, 0.05) is 23.7 Å². The number of aryl methyl sites for hydroxylation is 1. The zero-order valence-corrected chi connectivity index (χ0v) is 12.0. The SMILES string of the molecule is COc1ccc(C)cc1CNCc1cccc(Cl)c1. The van der Waals surface area contributed by atoms with Crippen molar-refractivity contribution in [2.45, 2.75) is 20.0 Å². The predicted molar refractivity (Wildman–Crippen MR) is 79.7 cm³/mol. The van der Waals surface area contributed by atoms with Crippen LogP contribution in [0.15, 0.2) is 42.5 Å². The predicted octanol–water partition coefficient (Wildman–Crippen LogP) is 3.95. The van der Waals surface area contributed by atoms with Gasteiger partial charge in [-0.3, -0.25) is 0 Å². The normalized spacial score (nSPS) is 10.5. The van der Waals surface area contributed by atoms with E-state index < -0.39 is 0 Å². The third-order valence-corrected chi connectivity index (χ3v) is 3.20. The second-order valence-electron chi connectivity index (χ2n) is 4.55. The summed E-state index contributed by atoms with van der Waals surface area (Å²) in [6.45, 7) is 3.65. The number of hydrogen-bond donors (Lipinski definition) is 1.